The summed E-state index contributed by atoms with van der Waals surface area (Å²) in [6.07, 6.45) is 0. The van der Waals surface area contributed by atoms with Crippen molar-refractivity contribution in [3.63, 3.8) is 0 Å². The molecule has 1 fully saturated rings. The minimum atomic E-state index is -0.0703. The minimum Gasteiger partial charge on any atom is -0.322 e. The Hall–Kier alpha value is -1.63. The number of benzene rings is 1. The molecule has 1 aliphatic rings. The Morgan fingerprint density at radius 3 is 2.67 bits per heavy atom. The number of nitrogens with one attached hydrogen (secondary N) is 1. The molecule has 3 rings (SSSR count). The van der Waals surface area contributed by atoms with Crippen molar-refractivity contribution in [2.24, 2.45) is 0 Å². The summed E-state index contributed by atoms with van der Waals surface area (Å²) in [5, 5.41) is 6.79. The first-order chi connectivity index (χ1) is 11.5. The fraction of sp³-hybridized carbons (Fsp3) is 0.412. The Morgan fingerprint density at radius 1 is 1.29 bits per heavy atom. The van der Waals surface area contributed by atoms with Gasteiger partial charge < -0.3 is 10.2 Å². The van der Waals surface area contributed by atoms with Crippen LogP contribution in [0.15, 0.2) is 23.6 Å². The number of rotatable bonds is 3. The number of carbonyl (C=O) groups is 1. The fourth-order valence-corrected chi connectivity index (χ4v) is 3.48. The van der Waals surface area contributed by atoms with Crippen LogP contribution in [-0.4, -0.2) is 47.0 Å². The minimum absolute atomic E-state index is 0.0703. The molecule has 2 aromatic rings. The van der Waals surface area contributed by atoms with Crippen molar-refractivity contribution in [2.75, 3.05) is 31.5 Å². The van der Waals surface area contributed by atoms with E-state index in [2.05, 4.69) is 20.6 Å². The molecule has 7 heteroatoms. The first-order valence-corrected chi connectivity index (χ1v) is 9.22. The van der Waals surface area contributed by atoms with E-state index in [1.165, 1.54) is 0 Å². The fourth-order valence-electron chi connectivity index (χ4n) is 2.69. The molecule has 2 amide bonds. The summed E-state index contributed by atoms with van der Waals surface area (Å²) < 4.78 is 0. The van der Waals surface area contributed by atoms with Gasteiger partial charge >= 0.3 is 6.03 Å². The molecule has 1 aromatic heterocycles. The molecule has 0 spiro atoms. The summed E-state index contributed by atoms with van der Waals surface area (Å²) in [6.45, 7) is 7.97. The largest absolute Gasteiger partial charge is 0.322 e. The number of anilines is 1. The Balaban J connectivity index is 1.50. The van der Waals surface area contributed by atoms with Gasteiger partial charge in [-0.25, -0.2) is 9.78 Å². The summed E-state index contributed by atoms with van der Waals surface area (Å²) >= 11 is 7.78. The zero-order chi connectivity index (χ0) is 17.1. The molecule has 0 atom stereocenters. The molecule has 0 radical (unpaired) electrons. The van der Waals surface area contributed by atoms with Crippen LogP contribution in [-0.2, 0) is 6.54 Å². The predicted octanol–water partition coefficient (Wildman–Crippen LogP) is 3.76. The number of hydrogen-bond acceptors (Lipinski definition) is 4. The number of carbonyl (C=O) groups excluding carboxylic acids is 1. The number of thiazole rings is 1. The second kappa shape index (κ2) is 7.51. The topological polar surface area (TPSA) is 48.5 Å². The standard InChI is InChI=1S/C17H21ClN4OS/c1-12-3-4-14(9-16(12)18)20-17(23)22-7-5-21(6-8-22)10-15-11-24-13(2)19-15/h3-4,9,11H,5-8,10H2,1-2H3,(H,20,23). The summed E-state index contributed by atoms with van der Waals surface area (Å²) in [5.41, 5.74) is 2.85. The van der Waals surface area contributed by atoms with E-state index < -0.39 is 0 Å². The summed E-state index contributed by atoms with van der Waals surface area (Å²) in [5.74, 6) is 0. The van der Waals surface area contributed by atoms with E-state index in [-0.39, 0.29) is 6.03 Å². The van der Waals surface area contributed by atoms with Crippen molar-refractivity contribution in [2.45, 2.75) is 20.4 Å². The third kappa shape index (κ3) is 4.26. The second-order valence-electron chi connectivity index (χ2n) is 6.02. The number of urea groups is 1. The lowest BCUT2D eigenvalue weighted by atomic mass is 10.2. The van der Waals surface area contributed by atoms with E-state index in [0.717, 1.165) is 41.6 Å². The van der Waals surface area contributed by atoms with Gasteiger partial charge in [-0.2, -0.15) is 0 Å². The van der Waals surface area contributed by atoms with Crippen LogP contribution in [0.25, 0.3) is 0 Å². The Labute approximate surface area is 151 Å². The number of halogens is 1. The van der Waals surface area contributed by atoms with Gasteiger partial charge in [0.2, 0.25) is 0 Å². The van der Waals surface area contributed by atoms with Gasteiger partial charge in [0.1, 0.15) is 0 Å². The monoisotopic (exact) mass is 364 g/mol. The Kier molecular flexibility index (Phi) is 5.38. The zero-order valence-electron chi connectivity index (χ0n) is 13.9. The average molecular weight is 365 g/mol. The lowest BCUT2D eigenvalue weighted by molar-refractivity contribution is 0.142. The average Bonchev–Trinajstić information content (AvgIpc) is 2.96. The van der Waals surface area contributed by atoms with Crippen LogP contribution in [0.2, 0.25) is 5.02 Å². The number of amides is 2. The number of aryl methyl sites for hydroxylation is 2. The first kappa shape index (κ1) is 17.2. The number of hydrogen-bond donors (Lipinski definition) is 1. The number of piperazine rings is 1. The van der Waals surface area contributed by atoms with Crippen LogP contribution in [0.5, 0.6) is 0 Å². The highest BCUT2D eigenvalue weighted by molar-refractivity contribution is 7.09. The molecule has 5 nitrogen and oxygen atoms in total. The third-order valence-corrected chi connectivity index (χ3v) is 5.36. The van der Waals surface area contributed by atoms with Crippen molar-refractivity contribution in [1.82, 2.24) is 14.8 Å². The Morgan fingerprint density at radius 2 is 2.04 bits per heavy atom. The summed E-state index contributed by atoms with van der Waals surface area (Å²) in [7, 11) is 0. The molecule has 2 heterocycles. The molecule has 1 aromatic carbocycles. The highest BCUT2D eigenvalue weighted by Gasteiger charge is 2.21. The van der Waals surface area contributed by atoms with Gasteiger partial charge in [0.05, 0.1) is 10.7 Å². The molecular weight excluding hydrogens is 344 g/mol. The lowest BCUT2D eigenvalue weighted by Crippen LogP contribution is -2.49. The number of aromatic nitrogens is 1. The van der Waals surface area contributed by atoms with Gasteiger partial charge in [0.15, 0.2) is 0 Å². The molecule has 0 unspecified atom stereocenters. The van der Waals surface area contributed by atoms with Crippen LogP contribution in [0, 0.1) is 13.8 Å². The molecule has 0 aliphatic carbocycles. The van der Waals surface area contributed by atoms with Crippen molar-refractivity contribution < 1.29 is 4.79 Å². The van der Waals surface area contributed by atoms with E-state index in [4.69, 9.17) is 11.6 Å². The van der Waals surface area contributed by atoms with Crippen molar-refractivity contribution in [3.8, 4) is 0 Å². The Bertz CT molecular complexity index is 725. The van der Waals surface area contributed by atoms with Crippen LogP contribution in [0.3, 0.4) is 0 Å². The van der Waals surface area contributed by atoms with Gasteiger partial charge in [0, 0.05) is 48.8 Å². The van der Waals surface area contributed by atoms with Crippen molar-refractivity contribution >= 4 is 34.7 Å². The third-order valence-electron chi connectivity index (χ3n) is 4.13. The van der Waals surface area contributed by atoms with Crippen LogP contribution in [0.1, 0.15) is 16.3 Å². The molecule has 1 N–H and O–H groups in total. The van der Waals surface area contributed by atoms with Crippen LogP contribution >= 0.6 is 22.9 Å². The SMILES string of the molecule is Cc1nc(CN2CCN(C(=O)Nc3ccc(C)c(Cl)c3)CC2)cs1. The summed E-state index contributed by atoms with van der Waals surface area (Å²) in [4.78, 5) is 21.1. The van der Waals surface area contributed by atoms with Crippen LogP contribution in [0.4, 0.5) is 10.5 Å². The second-order valence-corrected chi connectivity index (χ2v) is 7.48. The molecule has 0 bridgehead atoms. The molecule has 1 aliphatic heterocycles. The van der Waals surface area contributed by atoms with Gasteiger partial charge in [-0.05, 0) is 31.5 Å². The highest BCUT2D eigenvalue weighted by Crippen LogP contribution is 2.20. The van der Waals surface area contributed by atoms with Gasteiger partial charge in [-0.3, -0.25) is 4.90 Å². The molecule has 128 valence electrons. The van der Waals surface area contributed by atoms with Gasteiger partial charge in [-0.1, -0.05) is 17.7 Å². The van der Waals surface area contributed by atoms with Gasteiger partial charge in [0.25, 0.3) is 0 Å². The first-order valence-electron chi connectivity index (χ1n) is 7.97. The summed E-state index contributed by atoms with van der Waals surface area (Å²) in [6, 6.07) is 5.50. The molecular formula is C17H21ClN4OS. The molecule has 1 saturated heterocycles. The molecule has 0 saturated carbocycles. The van der Waals surface area contributed by atoms with E-state index in [1.54, 1.807) is 17.4 Å². The molecule has 24 heavy (non-hydrogen) atoms. The van der Waals surface area contributed by atoms with Crippen molar-refractivity contribution in [1.29, 1.82) is 0 Å². The number of nitrogens with zero attached hydrogens (tertiary/aromatic N) is 3. The van der Waals surface area contributed by atoms with E-state index >= 15 is 0 Å². The zero-order valence-corrected chi connectivity index (χ0v) is 15.5. The highest BCUT2D eigenvalue weighted by atomic mass is 35.5. The maximum Gasteiger partial charge on any atom is 0.321 e. The van der Waals surface area contributed by atoms with E-state index in [9.17, 15) is 4.79 Å². The normalized spacial score (nSPS) is 15.5. The van der Waals surface area contributed by atoms with E-state index in [0.29, 0.717) is 18.1 Å². The quantitative estimate of drug-likeness (QED) is 0.902. The van der Waals surface area contributed by atoms with E-state index in [1.807, 2.05) is 30.9 Å². The predicted molar refractivity (Wildman–Crippen MR) is 98.9 cm³/mol. The van der Waals surface area contributed by atoms with Gasteiger partial charge in [-0.15, -0.1) is 11.3 Å². The van der Waals surface area contributed by atoms with Crippen molar-refractivity contribution in [3.05, 3.63) is 44.9 Å². The maximum absolute atomic E-state index is 12.4. The lowest BCUT2D eigenvalue weighted by Gasteiger charge is -2.34. The van der Waals surface area contributed by atoms with Crippen LogP contribution < -0.4 is 5.32 Å². The maximum atomic E-state index is 12.4. The smallest absolute Gasteiger partial charge is 0.321 e.